The van der Waals surface area contributed by atoms with Crippen LogP contribution in [0, 0.1) is 17.0 Å². The first kappa shape index (κ1) is 22.7. The molecule has 2 heterocycles. The number of hydrogen-bond donors (Lipinski definition) is 0. The van der Waals surface area contributed by atoms with Gasteiger partial charge in [-0.05, 0) is 30.7 Å². The minimum atomic E-state index is -0.844. The summed E-state index contributed by atoms with van der Waals surface area (Å²) < 4.78 is 15.7. The Morgan fingerprint density at radius 1 is 1.12 bits per heavy atom. The number of nitro groups is 1. The van der Waals surface area contributed by atoms with Gasteiger partial charge >= 0.3 is 11.7 Å². The van der Waals surface area contributed by atoms with Crippen LogP contribution in [0.2, 0.25) is 0 Å². The molecule has 0 aliphatic carbocycles. The molecule has 0 radical (unpaired) electrons. The largest absolute Gasteiger partial charge is 0.475 e. The van der Waals surface area contributed by atoms with Gasteiger partial charge in [-0.1, -0.05) is 42.0 Å². The molecule has 174 valence electrons. The van der Waals surface area contributed by atoms with Gasteiger partial charge in [0.25, 0.3) is 5.91 Å². The molecule has 0 spiro atoms. The lowest BCUT2D eigenvalue weighted by Crippen LogP contribution is -2.32. The van der Waals surface area contributed by atoms with Gasteiger partial charge in [0, 0.05) is 12.5 Å². The van der Waals surface area contributed by atoms with E-state index >= 15 is 0 Å². The van der Waals surface area contributed by atoms with E-state index in [-0.39, 0.29) is 11.4 Å². The molecule has 3 aromatic rings. The minimum Gasteiger partial charge on any atom is -0.475 e. The quantitative estimate of drug-likeness (QED) is 0.283. The summed E-state index contributed by atoms with van der Waals surface area (Å²) in [5, 5.41) is 16.8. The van der Waals surface area contributed by atoms with E-state index in [0.717, 1.165) is 11.1 Å². The van der Waals surface area contributed by atoms with E-state index in [1.807, 2.05) is 31.2 Å². The van der Waals surface area contributed by atoms with Crippen LogP contribution in [0.4, 0.5) is 5.69 Å². The fraction of sp³-hybridized carbons (Fsp3) is 0.208. The van der Waals surface area contributed by atoms with Crippen molar-refractivity contribution in [1.29, 1.82) is 0 Å². The average molecular weight is 463 g/mol. The summed E-state index contributed by atoms with van der Waals surface area (Å²) >= 11 is 0. The minimum absolute atomic E-state index is 0.0689. The molecule has 0 fully saturated rings. The number of esters is 1. The highest BCUT2D eigenvalue weighted by Crippen LogP contribution is 2.33. The van der Waals surface area contributed by atoms with Crippen LogP contribution in [0.15, 0.2) is 76.4 Å². The van der Waals surface area contributed by atoms with Crippen molar-refractivity contribution < 1.29 is 28.4 Å². The van der Waals surface area contributed by atoms with Gasteiger partial charge in [0.15, 0.2) is 19.0 Å². The zero-order chi connectivity index (χ0) is 24.1. The van der Waals surface area contributed by atoms with Crippen LogP contribution in [-0.2, 0) is 14.3 Å². The number of carbonyl (C=O) groups is 2. The number of furan rings is 1. The van der Waals surface area contributed by atoms with E-state index in [1.54, 1.807) is 18.2 Å². The van der Waals surface area contributed by atoms with Gasteiger partial charge in [-0.2, -0.15) is 5.10 Å². The van der Waals surface area contributed by atoms with Crippen LogP contribution in [-0.4, -0.2) is 40.7 Å². The summed E-state index contributed by atoms with van der Waals surface area (Å²) in [6.45, 7) is 0.828. The predicted molar refractivity (Wildman–Crippen MR) is 120 cm³/mol. The Labute approximate surface area is 194 Å². The molecule has 2 aromatic carbocycles. The number of nitrogens with zero attached hydrogens (tertiary/aromatic N) is 3. The second-order valence-corrected chi connectivity index (χ2v) is 7.56. The van der Waals surface area contributed by atoms with Crippen molar-refractivity contribution in [3.8, 4) is 5.75 Å². The van der Waals surface area contributed by atoms with Crippen LogP contribution in [0.5, 0.6) is 5.75 Å². The molecule has 10 nitrogen and oxygen atoms in total. The fourth-order valence-corrected chi connectivity index (χ4v) is 3.48. The van der Waals surface area contributed by atoms with Gasteiger partial charge in [0.1, 0.15) is 11.8 Å². The number of hydrazone groups is 1. The summed E-state index contributed by atoms with van der Waals surface area (Å²) in [5.41, 5.74) is 2.42. The van der Waals surface area contributed by atoms with Crippen LogP contribution in [0.3, 0.4) is 0 Å². The van der Waals surface area contributed by atoms with Crippen LogP contribution < -0.4 is 4.74 Å². The lowest BCUT2D eigenvalue weighted by atomic mass is 10.0. The Bertz CT molecular complexity index is 1220. The molecule has 4 rings (SSSR count). The van der Waals surface area contributed by atoms with Crippen molar-refractivity contribution in [3.63, 3.8) is 0 Å². The smallest absolute Gasteiger partial charge is 0.344 e. The maximum Gasteiger partial charge on any atom is 0.344 e. The summed E-state index contributed by atoms with van der Waals surface area (Å²) in [4.78, 5) is 35.4. The third kappa shape index (κ3) is 5.12. The van der Waals surface area contributed by atoms with E-state index in [9.17, 15) is 19.7 Å². The maximum absolute atomic E-state index is 12.9. The number of hydrogen-bond acceptors (Lipinski definition) is 8. The van der Waals surface area contributed by atoms with E-state index in [4.69, 9.17) is 13.9 Å². The second kappa shape index (κ2) is 9.99. The summed E-state index contributed by atoms with van der Waals surface area (Å²) in [6.07, 6.45) is 1.96. The van der Waals surface area contributed by atoms with Gasteiger partial charge in [0.05, 0.1) is 16.9 Å². The van der Waals surface area contributed by atoms with E-state index in [0.29, 0.717) is 17.9 Å². The van der Waals surface area contributed by atoms with Crippen molar-refractivity contribution in [2.75, 3.05) is 13.2 Å². The number of carbonyl (C=O) groups excluding carboxylic acids is 2. The highest BCUT2D eigenvalue weighted by molar-refractivity contribution is 6.03. The third-order valence-electron chi connectivity index (χ3n) is 5.19. The predicted octanol–water partition coefficient (Wildman–Crippen LogP) is 3.80. The zero-order valence-electron chi connectivity index (χ0n) is 18.2. The molecule has 1 amide bonds. The summed E-state index contributed by atoms with van der Waals surface area (Å²) in [5.74, 6) is -0.892. The molecule has 1 unspecified atom stereocenters. The first-order valence-electron chi connectivity index (χ1n) is 10.4. The Balaban J connectivity index is 1.40. The fourth-order valence-electron chi connectivity index (χ4n) is 3.48. The standard InChI is InChI=1S/C24H21N3O7/c1-16-8-10-17(11-9-16)18-13-20(22-7-4-12-32-22)26(25-18)23(28)14-34-24(29)15-33-21-6-3-2-5-19(21)27(30)31/h2-12,20H,13-15H2,1H3. The molecule has 1 atom stereocenters. The van der Waals surface area contributed by atoms with E-state index in [2.05, 4.69) is 5.10 Å². The normalized spacial score (nSPS) is 15.0. The Kier molecular flexibility index (Phi) is 6.67. The molecule has 1 aliphatic rings. The number of nitro benzene ring substituents is 1. The molecule has 1 aliphatic heterocycles. The molecule has 0 saturated heterocycles. The Hall–Kier alpha value is -4.47. The Morgan fingerprint density at radius 2 is 1.88 bits per heavy atom. The van der Waals surface area contributed by atoms with Crippen molar-refractivity contribution >= 4 is 23.3 Å². The molecule has 1 aromatic heterocycles. The van der Waals surface area contributed by atoms with Crippen molar-refractivity contribution in [1.82, 2.24) is 5.01 Å². The molecule has 10 heteroatoms. The average Bonchev–Trinajstić information content (AvgIpc) is 3.52. The van der Waals surface area contributed by atoms with Crippen LogP contribution >= 0.6 is 0 Å². The summed E-state index contributed by atoms with van der Waals surface area (Å²) in [6, 6.07) is 16.5. The molecular weight excluding hydrogens is 442 g/mol. The first-order chi connectivity index (χ1) is 16.4. The first-order valence-corrected chi connectivity index (χ1v) is 10.4. The number of benzene rings is 2. The van der Waals surface area contributed by atoms with Crippen LogP contribution in [0.25, 0.3) is 0 Å². The van der Waals surface area contributed by atoms with Crippen LogP contribution in [0.1, 0.15) is 29.3 Å². The molecule has 0 bridgehead atoms. The maximum atomic E-state index is 12.9. The molecule has 34 heavy (non-hydrogen) atoms. The van der Waals surface area contributed by atoms with E-state index < -0.39 is 36.1 Å². The number of aryl methyl sites for hydroxylation is 1. The monoisotopic (exact) mass is 463 g/mol. The van der Waals surface area contributed by atoms with Gasteiger partial charge in [-0.25, -0.2) is 9.80 Å². The van der Waals surface area contributed by atoms with E-state index in [1.165, 1.54) is 29.5 Å². The number of para-hydroxylation sites is 2. The molecule has 0 saturated carbocycles. The highest BCUT2D eigenvalue weighted by Gasteiger charge is 2.35. The zero-order valence-corrected chi connectivity index (χ0v) is 18.2. The van der Waals surface area contributed by atoms with Gasteiger partial charge < -0.3 is 13.9 Å². The lowest BCUT2D eigenvalue weighted by molar-refractivity contribution is -0.385. The van der Waals surface area contributed by atoms with Crippen molar-refractivity contribution in [3.05, 3.63) is 93.9 Å². The second-order valence-electron chi connectivity index (χ2n) is 7.56. The lowest BCUT2D eigenvalue weighted by Gasteiger charge is -2.19. The number of amides is 1. The van der Waals surface area contributed by atoms with Crippen molar-refractivity contribution in [2.45, 2.75) is 19.4 Å². The van der Waals surface area contributed by atoms with Gasteiger partial charge in [-0.3, -0.25) is 14.9 Å². The number of ether oxygens (including phenoxy) is 2. The van der Waals surface area contributed by atoms with Crippen molar-refractivity contribution in [2.24, 2.45) is 5.10 Å². The third-order valence-corrected chi connectivity index (χ3v) is 5.19. The topological polar surface area (TPSA) is 124 Å². The summed E-state index contributed by atoms with van der Waals surface area (Å²) in [7, 11) is 0. The molecule has 0 N–H and O–H groups in total. The highest BCUT2D eigenvalue weighted by atomic mass is 16.6. The Morgan fingerprint density at radius 3 is 2.59 bits per heavy atom. The van der Waals surface area contributed by atoms with Gasteiger partial charge in [0.2, 0.25) is 0 Å². The number of rotatable bonds is 8. The SMILES string of the molecule is Cc1ccc(C2=NN(C(=O)COC(=O)COc3ccccc3[N+](=O)[O-])C(c3ccco3)C2)cc1. The van der Waals surface area contributed by atoms with Gasteiger partial charge in [-0.15, -0.1) is 0 Å². The molecular formula is C24H21N3O7.